The Hall–Kier alpha value is -2.87. The molecule has 0 aliphatic carbocycles. The van der Waals surface area contributed by atoms with E-state index in [0.717, 1.165) is 4.47 Å². The molecule has 0 spiro atoms. The standard InChI is InChI=1S/C17H16BrN3O4/c1-24-14-7-8-15(25-2)11(9-14)10-19-21-17(23)16(22)20-13-5-3-12(18)4-6-13/h3-10H,1-2H3,(H,20,22)(H,21,23). The van der Waals surface area contributed by atoms with Crippen LogP contribution >= 0.6 is 15.9 Å². The first kappa shape index (κ1) is 18.5. The van der Waals surface area contributed by atoms with Crippen molar-refractivity contribution in [3.8, 4) is 11.5 Å². The van der Waals surface area contributed by atoms with Gasteiger partial charge in [0.1, 0.15) is 11.5 Å². The van der Waals surface area contributed by atoms with Crippen LogP contribution in [0.15, 0.2) is 52.0 Å². The van der Waals surface area contributed by atoms with E-state index in [2.05, 4.69) is 31.8 Å². The molecule has 0 bridgehead atoms. The van der Waals surface area contributed by atoms with E-state index >= 15 is 0 Å². The molecule has 0 atom stereocenters. The molecule has 0 unspecified atom stereocenters. The Morgan fingerprint density at radius 3 is 2.40 bits per heavy atom. The predicted molar refractivity (Wildman–Crippen MR) is 98.1 cm³/mol. The minimum Gasteiger partial charge on any atom is -0.497 e. The molecule has 0 aliphatic rings. The van der Waals surface area contributed by atoms with E-state index in [4.69, 9.17) is 9.47 Å². The molecule has 2 aromatic rings. The molecule has 2 amide bonds. The van der Waals surface area contributed by atoms with Crippen molar-refractivity contribution in [1.82, 2.24) is 5.43 Å². The first-order valence-corrected chi connectivity index (χ1v) is 7.94. The topological polar surface area (TPSA) is 89.0 Å². The third-order valence-electron chi connectivity index (χ3n) is 3.11. The number of anilines is 1. The van der Waals surface area contributed by atoms with Gasteiger partial charge in [-0.25, -0.2) is 5.43 Å². The lowest BCUT2D eigenvalue weighted by atomic mass is 10.2. The first-order valence-electron chi connectivity index (χ1n) is 7.15. The molecular weight excluding hydrogens is 390 g/mol. The van der Waals surface area contributed by atoms with Crippen LogP contribution in [0.5, 0.6) is 11.5 Å². The van der Waals surface area contributed by atoms with E-state index in [0.29, 0.717) is 22.7 Å². The van der Waals surface area contributed by atoms with Crippen LogP contribution in [0.25, 0.3) is 0 Å². The number of rotatable bonds is 5. The predicted octanol–water partition coefficient (Wildman–Crippen LogP) is 2.56. The maximum absolute atomic E-state index is 11.8. The number of methoxy groups -OCH3 is 2. The number of halogens is 1. The zero-order valence-electron chi connectivity index (χ0n) is 13.6. The Morgan fingerprint density at radius 1 is 1.04 bits per heavy atom. The summed E-state index contributed by atoms with van der Waals surface area (Å²) in [6, 6.07) is 12.0. The molecule has 0 saturated heterocycles. The Labute approximate surface area is 153 Å². The summed E-state index contributed by atoms with van der Waals surface area (Å²) < 4.78 is 11.2. The van der Waals surface area contributed by atoms with E-state index in [1.54, 1.807) is 42.5 Å². The zero-order valence-corrected chi connectivity index (χ0v) is 15.2. The van der Waals surface area contributed by atoms with Gasteiger partial charge < -0.3 is 14.8 Å². The Kier molecular flexibility index (Phi) is 6.53. The molecule has 2 N–H and O–H groups in total. The molecule has 7 nitrogen and oxygen atoms in total. The van der Waals surface area contributed by atoms with Crippen molar-refractivity contribution in [2.45, 2.75) is 0 Å². The lowest BCUT2D eigenvalue weighted by molar-refractivity contribution is -0.136. The number of amides is 2. The fraction of sp³-hybridized carbons (Fsp3) is 0.118. The Balaban J connectivity index is 1.97. The molecule has 0 saturated carbocycles. The van der Waals surface area contributed by atoms with Gasteiger partial charge >= 0.3 is 11.8 Å². The number of nitrogens with one attached hydrogen (secondary N) is 2. The molecule has 2 aromatic carbocycles. The minimum absolute atomic E-state index is 0.502. The van der Waals surface area contributed by atoms with Crippen molar-refractivity contribution in [2.24, 2.45) is 5.10 Å². The number of carbonyl (C=O) groups is 2. The van der Waals surface area contributed by atoms with Crippen LogP contribution in [0.2, 0.25) is 0 Å². The second kappa shape index (κ2) is 8.84. The average Bonchev–Trinajstić information content (AvgIpc) is 2.63. The average molecular weight is 406 g/mol. The van der Waals surface area contributed by atoms with E-state index in [-0.39, 0.29) is 0 Å². The summed E-state index contributed by atoms with van der Waals surface area (Å²) in [5.41, 5.74) is 3.26. The van der Waals surface area contributed by atoms with E-state index in [9.17, 15) is 9.59 Å². The highest BCUT2D eigenvalue weighted by atomic mass is 79.9. The number of hydrazone groups is 1. The van der Waals surface area contributed by atoms with Gasteiger partial charge in [-0.2, -0.15) is 5.10 Å². The molecule has 0 aromatic heterocycles. The van der Waals surface area contributed by atoms with Gasteiger partial charge in [0, 0.05) is 15.7 Å². The van der Waals surface area contributed by atoms with Gasteiger partial charge in [0.25, 0.3) is 0 Å². The van der Waals surface area contributed by atoms with Gasteiger partial charge in [0.2, 0.25) is 0 Å². The van der Waals surface area contributed by atoms with E-state index < -0.39 is 11.8 Å². The molecule has 2 rings (SSSR count). The van der Waals surface area contributed by atoms with Crippen LogP contribution in [-0.4, -0.2) is 32.2 Å². The molecule has 0 aliphatic heterocycles. The van der Waals surface area contributed by atoms with Crippen molar-refractivity contribution in [1.29, 1.82) is 0 Å². The fourth-order valence-electron chi connectivity index (χ4n) is 1.87. The van der Waals surface area contributed by atoms with E-state index in [1.807, 2.05) is 0 Å². The number of carbonyl (C=O) groups excluding carboxylic acids is 2. The highest BCUT2D eigenvalue weighted by molar-refractivity contribution is 9.10. The highest BCUT2D eigenvalue weighted by Gasteiger charge is 2.12. The van der Waals surface area contributed by atoms with Crippen molar-refractivity contribution >= 4 is 39.6 Å². The van der Waals surface area contributed by atoms with Crippen molar-refractivity contribution in [3.63, 3.8) is 0 Å². The number of nitrogens with zero attached hydrogens (tertiary/aromatic N) is 1. The maximum atomic E-state index is 11.8. The third kappa shape index (κ3) is 5.32. The van der Waals surface area contributed by atoms with Gasteiger partial charge in [-0.1, -0.05) is 15.9 Å². The van der Waals surface area contributed by atoms with Gasteiger partial charge in [-0.3, -0.25) is 9.59 Å². The molecule has 0 fully saturated rings. The first-order chi connectivity index (χ1) is 12.0. The second-order valence-electron chi connectivity index (χ2n) is 4.77. The van der Waals surface area contributed by atoms with Crippen molar-refractivity contribution < 1.29 is 19.1 Å². The normalized spacial score (nSPS) is 10.4. The summed E-state index contributed by atoms with van der Waals surface area (Å²) in [6.07, 6.45) is 1.37. The van der Waals surface area contributed by atoms with Gasteiger partial charge in [-0.15, -0.1) is 0 Å². The summed E-state index contributed by atoms with van der Waals surface area (Å²) in [5.74, 6) is -0.544. The highest BCUT2D eigenvalue weighted by Crippen LogP contribution is 2.22. The summed E-state index contributed by atoms with van der Waals surface area (Å²) in [4.78, 5) is 23.6. The molecule has 25 heavy (non-hydrogen) atoms. The fourth-order valence-corrected chi connectivity index (χ4v) is 2.14. The molecule has 0 heterocycles. The lowest BCUT2D eigenvalue weighted by Crippen LogP contribution is -2.32. The van der Waals surface area contributed by atoms with Crippen LogP contribution in [0.3, 0.4) is 0 Å². The van der Waals surface area contributed by atoms with Crippen molar-refractivity contribution in [2.75, 3.05) is 19.5 Å². The van der Waals surface area contributed by atoms with Gasteiger partial charge in [0.15, 0.2) is 0 Å². The third-order valence-corrected chi connectivity index (χ3v) is 3.64. The maximum Gasteiger partial charge on any atom is 0.329 e. The summed E-state index contributed by atoms with van der Waals surface area (Å²) in [5, 5.41) is 6.24. The monoisotopic (exact) mass is 405 g/mol. The second-order valence-corrected chi connectivity index (χ2v) is 5.68. The van der Waals surface area contributed by atoms with Crippen molar-refractivity contribution in [3.05, 3.63) is 52.5 Å². The number of hydrogen-bond acceptors (Lipinski definition) is 5. The van der Waals surface area contributed by atoms with Crippen LogP contribution in [-0.2, 0) is 9.59 Å². The smallest absolute Gasteiger partial charge is 0.329 e. The van der Waals surface area contributed by atoms with Gasteiger partial charge in [0.05, 0.1) is 20.4 Å². The van der Waals surface area contributed by atoms with Crippen LogP contribution in [0.1, 0.15) is 5.56 Å². The summed E-state index contributed by atoms with van der Waals surface area (Å²) in [7, 11) is 3.06. The summed E-state index contributed by atoms with van der Waals surface area (Å²) >= 11 is 3.29. The molecular formula is C17H16BrN3O4. The largest absolute Gasteiger partial charge is 0.497 e. The van der Waals surface area contributed by atoms with Gasteiger partial charge in [-0.05, 0) is 42.5 Å². The lowest BCUT2D eigenvalue weighted by Gasteiger charge is -2.07. The van der Waals surface area contributed by atoms with Crippen LogP contribution in [0.4, 0.5) is 5.69 Å². The van der Waals surface area contributed by atoms with E-state index in [1.165, 1.54) is 20.4 Å². The molecule has 0 radical (unpaired) electrons. The molecule has 8 heteroatoms. The number of benzene rings is 2. The van der Waals surface area contributed by atoms with Crippen LogP contribution in [0, 0.1) is 0 Å². The SMILES string of the molecule is COc1ccc(OC)c(C=NNC(=O)C(=O)Nc2ccc(Br)cc2)c1. The zero-order chi connectivity index (χ0) is 18.2. The molecule has 130 valence electrons. The Bertz CT molecular complexity index is 791. The Morgan fingerprint density at radius 2 is 1.76 bits per heavy atom. The minimum atomic E-state index is -0.888. The number of hydrogen-bond donors (Lipinski definition) is 2. The van der Waals surface area contributed by atoms with Crippen LogP contribution < -0.4 is 20.2 Å². The summed E-state index contributed by atoms with van der Waals surface area (Å²) in [6.45, 7) is 0. The number of ether oxygens (including phenoxy) is 2. The quantitative estimate of drug-likeness (QED) is 0.454.